The van der Waals surface area contributed by atoms with E-state index < -0.39 is 11.7 Å². The van der Waals surface area contributed by atoms with E-state index in [1.807, 2.05) is 43.3 Å². The molecular weight excluding hydrogens is 397 g/mol. The van der Waals surface area contributed by atoms with Crippen molar-refractivity contribution in [2.45, 2.75) is 18.5 Å². The first-order chi connectivity index (χ1) is 14.2. The quantitative estimate of drug-likeness (QED) is 0.633. The number of hydrogen-bond donors (Lipinski definition) is 0. The zero-order chi connectivity index (χ0) is 21.5. The van der Waals surface area contributed by atoms with Crippen molar-refractivity contribution >= 4 is 17.3 Å². The minimum absolute atomic E-state index is 0.166. The summed E-state index contributed by atoms with van der Waals surface area (Å²) in [6.45, 7) is 0.280. The van der Waals surface area contributed by atoms with Crippen molar-refractivity contribution in [3.05, 3.63) is 59.9 Å². The van der Waals surface area contributed by atoms with Crippen molar-refractivity contribution in [1.29, 1.82) is 0 Å². The minimum Gasteiger partial charge on any atom is -0.378 e. The minimum atomic E-state index is -4.41. The molecule has 6 nitrogen and oxygen atoms in total. The predicted octanol–water partition coefficient (Wildman–Crippen LogP) is 4.34. The molecule has 1 aliphatic heterocycles. The normalized spacial score (nSPS) is 16.9. The Kier molecular flexibility index (Phi) is 4.97. The highest BCUT2D eigenvalue weighted by Crippen LogP contribution is 2.34. The fourth-order valence-corrected chi connectivity index (χ4v) is 3.38. The van der Waals surface area contributed by atoms with Gasteiger partial charge in [-0.15, -0.1) is 0 Å². The number of nitrogens with zero attached hydrogens (tertiary/aromatic N) is 4. The Hall–Kier alpha value is -3.36. The van der Waals surface area contributed by atoms with Crippen LogP contribution in [0, 0.1) is 0 Å². The number of carbonyl (C=O) groups is 1. The third-order valence-electron chi connectivity index (χ3n) is 5.07. The maximum absolute atomic E-state index is 12.8. The van der Waals surface area contributed by atoms with Crippen LogP contribution in [0.1, 0.15) is 23.7 Å². The lowest BCUT2D eigenvalue weighted by molar-refractivity contribution is -0.137. The number of anilines is 2. The highest BCUT2D eigenvalue weighted by atomic mass is 19.4. The summed E-state index contributed by atoms with van der Waals surface area (Å²) in [5.74, 6) is 0.278. The number of aromatic nitrogens is 2. The van der Waals surface area contributed by atoms with E-state index in [2.05, 4.69) is 10.1 Å². The Morgan fingerprint density at radius 2 is 1.73 bits per heavy atom. The highest BCUT2D eigenvalue weighted by molar-refractivity contribution is 5.96. The molecule has 1 unspecified atom stereocenters. The topological polar surface area (TPSA) is 62.5 Å². The SMILES string of the molecule is CN(C)c1ccc(-c2nc(C3CC(=O)N(c4ccc(C(F)(F)F)cc4)C3)no2)cc1. The van der Waals surface area contributed by atoms with Gasteiger partial charge < -0.3 is 14.3 Å². The molecule has 0 spiro atoms. The molecule has 0 bridgehead atoms. The van der Waals surface area contributed by atoms with E-state index in [9.17, 15) is 18.0 Å². The molecule has 2 aromatic carbocycles. The summed E-state index contributed by atoms with van der Waals surface area (Å²) >= 11 is 0. The number of amides is 1. The van der Waals surface area contributed by atoms with Crippen LogP contribution in [-0.2, 0) is 11.0 Å². The van der Waals surface area contributed by atoms with Gasteiger partial charge in [0.15, 0.2) is 5.82 Å². The van der Waals surface area contributed by atoms with Gasteiger partial charge in [0, 0.05) is 49.9 Å². The van der Waals surface area contributed by atoms with Crippen LogP contribution < -0.4 is 9.80 Å². The van der Waals surface area contributed by atoms with E-state index in [1.165, 1.54) is 17.0 Å². The Labute approximate surface area is 170 Å². The van der Waals surface area contributed by atoms with Crippen LogP contribution in [0.4, 0.5) is 24.5 Å². The van der Waals surface area contributed by atoms with Gasteiger partial charge in [0.2, 0.25) is 5.91 Å². The first kappa shape index (κ1) is 19.9. The van der Waals surface area contributed by atoms with E-state index in [-0.39, 0.29) is 24.8 Å². The fraction of sp³-hybridized carbons (Fsp3) is 0.286. The number of rotatable bonds is 4. The van der Waals surface area contributed by atoms with Gasteiger partial charge in [-0.2, -0.15) is 18.2 Å². The number of hydrogen-bond acceptors (Lipinski definition) is 5. The average Bonchev–Trinajstić information content (AvgIpc) is 3.34. The second-order valence-electron chi connectivity index (χ2n) is 7.35. The van der Waals surface area contributed by atoms with Crippen molar-refractivity contribution < 1.29 is 22.5 Å². The van der Waals surface area contributed by atoms with E-state index in [4.69, 9.17) is 4.52 Å². The lowest BCUT2D eigenvalue weighted by Gasteiger charge is -2.17. The Morgan fingerprint density at radius 1 is 1.07 bits per heavy atom. The van der Waals surface area contributed by atoms with E-state index >= 15 is 0 Å². The van der Waals surface area contributed by atoms with Crippen LogP contribution >= 0.6 is 0 Å². The largest absolute Gasteiger partial charge is 0.416 e. The summed E-state index contributed by atoms with van der Waals surface area (Å²) in [5.41, 5.74) is 1.46. The van der Waals surface area contributed by atoms with Crippen LogP contribution in [0.5, 0.6) is 0 Å². The second kappa shape index (κ2) is 7.47. The lowest BCUT2D eigenvalue weighted by Crippen LogP contribution is -2.24. The van der Waals surface area contributed by atoms with E-state index in [0.717, 1.165) is 23.4 Å². The smallest absolute Gasteiger partial charge is 0.378 e. The van der Waals surface area contributed by atoms with Crippen molar-refractivity contribution in [2.24, 2.45) is 0 Å². The maximum atomic E-state index is 12.8. The second-order valence-corrected chi connectivity index (χ2v) is 7.35. The molecule has 3 aromatic rings. The Balaban J connectivity index is 1.49. The number of alkyl halides is 3. The first-order valence-electron chi connectivity index (χ1n) is 9.31. The van der Waals surface area contributed by atoms with Gasteiger partial charge in [-0.3, -0.25) is 4.79 Å². The highest BCUT2D eigenvalue weighted by Gasteiger charge is 2.35. The maximum Gasteiger partial charge on any atom is 0.416 e. The monoisotopic (exact) mass is 416 g/mol. The molecule has 9 heteroatoms. The molecule has 1 fully saturated rings. The molecule has 4 rings (SSSR count). The zero-order valence-corrected chi connectivity index (χ0v) is 16.3. The summed E-state index contributed by atoms with van der Waals surface area (Å²) in [6, 6.07) is 12.2. The Bertz CT molecular complexity index is 1040. The van der Waals surface area contributed by atoms with Crippen LogP contribution in [-0.4, -0.2) is 36.7 Å². The third kappa shape index (κ3) is 3.87. The van der Waals surface area contributed by atoms with Gasteiger partial charge >= 0.3 is 6.18 Å². The molecule has 0 saturated carbocycles. The first-order valence-corrected chi connectivity index (χ1v) is 9.31. The lowest BCUT2D eigenvalue weighted by atomic mass is 10.1. The summed E-state index contributed by atoms with van der Waals surface area (Å²) in [4.78, 5) is 20.3. The van der Waals surface area contributed by atoms with Gasteiger partial charge in [0.25, 0.3) is 5.89 Å². The Morgan fingerprint density at radius 3 is 2.33 bits per heavy atom. The molecule has 0 aliphatic carbocycles. The van der Waals surface area contributed by atoms with Crippen molar-refractivity contribution in [3.8, 4) is 11.5 Å². The predicted molar refractivity (Wildman–Crippen MR) is 105 cm³/mol. The molecule has 2 heterocycles. The molecule has 0 radical (unpaired) electrons. The average molecular weight is 416 g/mol. The standard InChI is InChI=1S/C21H19F3N4O2/c1-27(2)16-7-3-13(4-8-16)20-25-19(26-30-20)14-11-18(29)28(12-14)17-9-5-15(6-10-17)21(22,23)24/h3-10,14H,11-12H2,1-2H3. The van der Waals surface area contributed by atoms with Gasteiger partial charge in [0.05, 0.1) is 5.56 Å². The van der Waals surface area contributed by atoms with Crippen LogP contribution in [0.25, 0.3) is 11.5 Å². The number of halogens is 3. The molecule has 30 heavy (non-hydrogen) atoms. The van der Waals surface area contributed by atoms with E-state index in [1.54, 1.807) is 0 Å². The molecule has 1 amide bonds. The molecular formula is C21H19F3N4O2. The van der Waals surface area contributed by atoms with Gasteiger partial charge in [-0.1, -0.05) is 5.16 Å². The third-order valence-corrected chi connectivity index (χ3v) is 5.07. The van der Waals surface area contributed by atoms with E-state index in [0.29, 0.717) is 17.4 Å². The summed E-state index contributed by atoms with van der Waals surface area (Å²) < 4.78 is 43.6. The molecule has 0 N–H and O–H groups in total. The summed E-state index contributed by atoms with van der Waals surface area (Å²) in [5, 5.41) is 4.02. The number of benzene rings is 2. The number of carbonyl (C=O) groups excluding carboxylic acids is 1. The van der Waals surface area contributed by atoms with Gasteiger partial charge in [0.1, 0.15) is 0 Å². The van der Waals surface area contributed by atoms with Gasteiger partial charge in [-0.05, 0) is 48.5 Å². The summed E-state index contributed by atoms with van der Waals surface area (Å²) in [7, 11) is 3.89. The van der Waals surface area contributed by atoms with Crippen molar-refractivity contribution in [3.63, 3.8) is 0 Å². The molecule has 1 aliphatic rings. The summed E-state index contributed by atoms with van der Waals surface area (Å²) in [6.07, 6.45) is -4.25. The van der Waals surface area contributed by atoms with Crippen LogP contribution in [0.15, 0.2) is 53.1 Å². The van der Waals surface area contributed by atoms with Crippen molar-refractivity contribution in [2.75, 3.05) is 30.4 Å². The van der Waals surface area contributed by atoms with Crippen LogP contribution in [0.2, 0.25) is 0 Å². The molecule has 1 atom stereocenters. The zero-order valence-electron chi connectivity index (χ0n) is 16.3. The molecule has 1 aromatic heterocycles. The van der Waals surface area contributed by atoms with Gasteiger partial charge in [-0.25, -0.2) is 0 Å². The van der Waals surface area contributed by atoms with Crippen LogP contribution in [0.3, 0.4) is 0 Å². The fourth-order valence-electron chi connectivity index (χ4n) is 3.38. The molecule has 156 valence electrons. The molecule has 1 saturated heterocycles. The van der Waals surface area contributed by atoms with Crippen molar-refractivity contribution in [1.82, 2.24) is 10.1 Å².